The molecule has 0 radical (unpaired) electrons. The normalized spacial score (nSPS) is 21.6. The summed E-state index contributed by atoms with van der Waals surface area (Å²) in [5.41, 5.74) is 2.55. The summed E-state index contributed by atoms with van der Waals surface area (Å²) in [7, 11) is -3.01. The number of carbonyl (C=O) groups is 1. The van der Waals surface area contributed by atoms with E-state index >= 15 is 0 Å². The first kappa shape index (κ1) is 15.7. The third-order valence-electron chi connectivity index (χ3n) is 4.40. The van der Waals surface area contributed by atoms with Gasteiger partial charge >= 0.3 is 0 Å². The average molecular weight is 363 g/mol. The van der Waals surface area contributed by atoms with Crippen LogP contribution in [0.5, 0.6) is 0 Å². The van der Waals surface area contributed by atoms with Crippen molar-refractivity contribution >= 4 is 33.3 Å². The summed E-state index contributed by atoms with van der Waals surface area (Å²) < 4.78 is 25.4. The van der Waals surface area contributed by atoms with E-state index in [9.17, 15) is 13.2 Å². The van der Waals surface area contributed by atoms with Crippen LogP contribution in [0, 0.1) is 0 Å². The van der Waals surface area contributed by atoms with Crippen LogP contribution in [0.1, 0.15) is 34.1 Å². The minimum absolute atomic E-state index is 0.0922. The first-order valence-electron chi connectivity index (χ1n) is 7.78. The Labute approximate surface area is 144 Å². The van der Waals surface area contributed by atoms with Crippen molar-refractivity contribution in [1.29, 1.82) is 0 Å². The number of thioether (sulfide) groups is 1. The van der Waals surface area contributed by atoms with E-state index in [2.05, 4.69) is 10.4 Å². The SMILES string of the molecule is O=C(Nc1c2c(nn1C1CCS(=O)(=O)C1)CSC2)c1ccccc1. The largest absolute Gasteiger partial charge is 0.306 e. The molecule has 6 nitrogen and oxygen atoms in total. The molecule has 1 aromatic carbocycles. The van der Waals surface area contributed by atoms with Gasteiger partial charge in [-0.3, -0.25) is 4.79 Å². The van der Waals surface area contributed by atoms with Crippen LogP contribution in [-0.2, 0) is 21.3 Å². The first-order chi connectivity index (χ1) is 11.5. The maximum absolute atomic E-state index is 12.5. The topological polar surface area (TPSA) is 81.1 Å². The van der Waals surface area contributed by atoms with E-state index in [0.717, 1.165) is 22.8 Å². The maximum atomic E-state index is 12.5. The van der Waals surface area contributed by atoms with Gasteiger partial charge in [-0.15, -0.1) is 0 Å². The number of fused-ring (bicyclic) bond motifs is 1. The van der Waals surface area contributed by atoms with Gasteiger partial charge in [0.2, 0.25) is 0 Å². The van der Waals surface area contributed by atoms with Gasteiger partial charge in [-0.25, -0.2) is 13.1 Å². The first-order valence-corrected chi connectivity index (χ1v) is 10.8. The molecule has 2 aliphatic rings. The lowest BCUT2D eigenvalue weighted by Crippen LogP contribution is -2.20. The van der Waals surface area contributed by atoms with Crippen LogP contribution in [0.3, 0.4) is 0 Å². The zero-order chi connectivity index (χ0) is 16.7. The van der Waals surface area contributed by atoms with E-state index in [-0.39, 0.29) is 23.5 Å². The number of rotatable bonds is 3. The van der Waals surface area contributed by atoms with E-state index < -0.39 is 9.84 Å². The molecule has 24 heavy (non-hydrogen) atoms. The number of benzene rings is 1. The Morgan fingerprint density at radius 3 is 2.75 bits per heavy atom. The molecule has 8 heteroatoms. The highest BCUT2D eigenvalue weighted by atomic mass is 32.2. The van der Waals surface area contributed by atoms with Gasteiger partial charge in [-0.1, -0.05) is 18.2 Å². The van der Waals surface area contributed by atoms with Crippen molar-refractivity contribution < 1.29 is 13.2 Å². The summed E-state index contributed by atoms with van der Waals surface area (Å²) in [6.07, 6.45) is 0.546. The summed E-state index contributed by atoms with van der Waals surface area (Å²) in [4.78, 5) is 12.5. The van der Waals surface area contributed by atoms with E-state index in [1.165, 1.54) is 0 Å². The van der Waals surface area contributed by atoms with Gasteiger partial charge in [-0.2, -0.15) is 16.9 Å². The van der Waals surface area contributed by atoms with E-state index in [0.29, 0.717) is 17.8 Å². The lowest BCUT2D eigenvalue weighted by Gasteiger charge is -2.15. The quantitative estimate of drug-likeness (QED) is 0.904. The third kappa shape index (κ3) is 2.84. The number of carbonyl (C=O) groups excluding carboxylic acids is 1. The molecule has 1 unspecified atom stereocenters. The highest BCUT2D eigenvalue weighted by molar-refractivity contribution is 7.98. The number of anilines is 1. The lowest BCUT2D eigenvalue weighted by molar-refractivity contribution is 0.102. The van der Waals surface area contributed by atoms with Crippen LogP contribution >= 0.6 is 11.8 Å². The highest BCUT2D eigenvalue weighted by Gasteiger charge is 2.34. The molecule has 1 fully saturated rings. The Morgan fingerprint density at radius 2 is 2.04 bits per heavy atom. The Balaban J connectivity index is 1.68. The fourth-order valence-electron chi connectivity index (χ4n) is 3.17. The van der Waals surface area contributed by atoms with Crippen molar-refractivity contribution in [2.24, 2.45) is 0 Å². The predicted octanol–water partition coefficient (Wildman–Crippen LogP) is 2.24. The number of nitrogens with zero attached hydrogens (tertiary/aromatic N) is 2. The lowest BCUT2D eigenvalue weighted by atomic mass is 10.2. The van der Waals surface area contributed by atoms with Crippen molar-refractivity contribution in [2.45, 2.75) is 24.0 Å². The molecule has 2 aliphatic heterocycles. The van der Waals surface area contributed by atoms with Crippen LogP contribution in [0.15, 0.2) is 30.3 Å². The number of aromatic nitrogens is 2. The minimum Gasteiger partial charge on any atom is -0.306 e. The van der Waals surface area contributed by atoms with E-state index in [4.69, 9.17) is 0 Å². The molecule has 0 aliphatic carbocycles. The summed E-state index contributed by atoms with van der Waals surface area (Å²) in [5, 5.41) is 7.57. The van der Waals surface area contributed by atoms with Gasteiger partial charge in [0, 0.05) is 22.6 Å². The van der Waals surface area contributed by atoms with Gasteiger partial charge in [0.15, 0.2) is 9.84 Å². The molecule has 1 atom stereocenters. The van der Waals surface area contributed by atoms with Gasteiger partial charge in [0.1, 0.15) is 5.82 Å². The maximum Gasteiger partial charge on any atom is 0.256 e. The Morgan fingerprint density at radius 1 is 1.25 bits per heavy atom. The summed E-state index contributed by atoms with van der Waals surface area (Å²) in [6.45, 7) is 0. The molecule has 2 aromatic rings. The van der Waals surface area contributed by atoms with Gasteiger partial charge in [0.05, 0.1) is 23.2 Å². The van der Waals surface area contributed by atoms with Crippen LogP contribution in [0.4, 0.5) is 5.82 Å². The Kier molecular flexibility index (Phi) is 3.88. The summed E-state index contributed by atoms with van der Waals surface area (Å²) >= 11 is 1.75. The molecule has 0 spiro atoms. The van der Waals surface area contributed by atoms with Crippen LogP contribution in [0.25, 0.3) is 0 Å². The highest BCUT2D eigenvalue weighted by Crippen LogP contribution is 2.38. The van der Waals surface area contributed by atoms with Crippen LogP contribution in [-0.4, -0.2) is 35.6 Å². The van der Waals surface area contributed by atoms with Crippen LogP contribution < -0.4 is 5.32 Å². The molecular weight excluding hydrogens is 346 g/mol. The number of amides is 1. The second-order valence-electron chi connectivity index (χ2n) is 6.09. The molecule has 3 heterocycles. The molecule has 1 N–H and O–H groups in total. The molecule has 0 bridgehead atoms. The Hall–Kier alpha value is -1.80. The molecule has 1 amide bonds. The third-order valence-corrected chi connectivity index (χ3v) is 7.12. The Bertz CT molecular complexity index is 891. The molecule has 4 rings (SSSR count). The zero-order valence-corrected chi connectivity index (χ0v) is 14.6. The van der Waals surface area contributed by atoms with Crippen molar-refractivity contribution in [1.82, 2.24) is 9.78 Å². The van der Waals surface area contributed by atoms with Gasteiger partial charge in [-0.05, 0) is 18.6 Å². The van der Waals surface area contributed by atoms with Gasteiger partial charge < -0.3 is 5.32 Å². The number of hydrogen-bond acceptors (Lipinski definition) is 5. The predicted molar refractivity (Wildman–Crippen MR) is 93.9 cm³/mol. The van der Waals surface area contributed by atoms with E-state index in [1.54, 1.807) is 28.6 Å². The van der Waals surface area contributed by atoms with E-state index in [1.807, 2.05) is 18.2 Å². The molecule has 126 valence electrons. The molecule has 1 aromatic heterocycles. The monoisotopic (exact) mass is 363 g/mol. The minimum atomic E-state index is -3.01. The van der Waals surface area contributed by atoms with Crippen molar-refractivity contribution in [3.8, 4) is 0 Å². The second kappa shape index (κ2) is 5.93. The average Bonchev–Trinajstić information content (AvgIpc) is 3.24. The van der Waals surface area contributed by atoms with Crippen molar-refractivity contribution in [3.63, 3.8) is 0 Å². The number of sulfone groups is 1. The number of nitrogens with one attached hydrogen (secondary N) is 1. The fraction of sp³-hybridized carbons (Fsp3) is 0.375. The molecule has 0 saturated carbocycles. The van der Waals surface area contributed by atoms with Crippen molar-refractivity contribution in [2.75, 3.05) is 16.8 Å². The van der Waals surface area contributed by atoms with Crippen molar-refractivity contribution in [3.05, 3.63) is 47.2 Å². The standard InChI is InChI=1S/C16H17N3O3S2/c20-16(11-4-2-1-3-5-11)17-15-13-8-23-9-14(13)18-19(15)12-6-7-24(21,22)10-12/h1-5,12H,6-10H2,(H,17,20). The van der Waals surface area contributed by atoms with Crippen LogP contribution in [0.2, 0.25) is 0 Å². The molecule has 1 saturated heterocycles. The second-order valence-corrected chi connectivity index (χ2v) is 9.30. The summed E-state index contributed by atoms with van der Waals surface area (Å²) in [6, 6.07) is 8.80. The zero-order valence-electron chi connectivity index (χ0n) is 12.9. The van der Waals surface area contributed by atoms with Gasteiger partial charge in [0.25, 0.3) is 5.91 Å². The molecular formula is C16H17N3O3S2. The number of hydrogen-bond donors (Lipinski definition) is 1. The summed E-state index contributed by atoms with van der Waals surface area (Å²) in [5.74, 6) is 2.33. The fourth-order valence-corrected chi connectivity index (χ4v) is 5.89. The smallest absolute Gasteiger partial charge is 0.256 e.